The molecule has 0 bridgehead atoms. The Morgan fingerprint density at radius 3 is 2.83 bits per heavy atom. The number of nitrogens with one attached hydrogen (secondary N) is 1. The van der Waals surface area contributed by atoms with Gasteiger partial charge in [0.1, 0.15) is 11.5 Å². The molecule has 0 atom stereocenters. The number of carbonyl (C=O) groups excluding carboxylic acids is 1. The van der Waals surface area contributed by atoms with Crippen LogP contribution >= 0.6 is 23.6 Å². The molecule has 124 valence electrons. The summed E-state index contributed by atoms with van der Waals surface area (Å²) in [4.78, 5) is 12.6. The molecule has 3 N–H and O–H groups in total. The Bertz CT molecular complexity index is 940. The standard InChI is InChI=1S/C16H17N5OS2/c1-10-5-3-6-12(11(10)2)13(22)9-20-16(23)21(15(17)19-20)18-14-7-4-8-24-14/h3-8,18H,9H2,1-2H3,(H2,17,19). The van der Waals surface area contributed by atoms with Crippen LogP contribution < -0.4 is 11.2 Å². The largest absolute Gasteiger partial charge is 0.366 e. The quantitative estimate of drug-likeness (QED) is 0.539. The SMILES string of the molecule is Cc1cccc(C(=O)Cn2nc(N)n(Nc3cccs3)c2=S)c1C. The molecule has 0 saturated heterocycles. The summed E-state index contributed by atoms with van der Waals surface area (Å²) in [6.07, 6.45) is 0. The topological polar surface area (TPSA) is 77.9 Å². The van der Waals surface area contributed by atoms with Crippen molar-refractivity contribution in [2.24, 2.45) is 0 Å². The van der Waals surface area contributed by atoms with E-state index in [1.165, 1.54) is 20.7 Å². The number of thiophene rings is 1. The molecule has 0 aliphatic rings. The van der Waals surface area contributed by atoms with E-state index in [4.69, 9.17) is 18.0 Å². The van der Waals surface area contributed by atoms with Crippen molar-refractivity contribution in [3.63, 3.8) is 0 Å². The van der Waals surface area contributed by atoms with Crippen LogP contribution in [-0.4, -0.2) is 20.2 Å². The van der Waals surface area contributed by atoms with E-state index in [9.17, 15) is 4.79 Å². The van der Waals surface area contributed by atoms with Gasteiger partial charge in [-0.15, -0.1) is 16.4 Å². The highest BCUT2D eigenvalue weighted by molar-refractivity contribution is 7.71. The van der Waals surface area contributed by atoms with Crippen molar-refractivity contribution in [3.8, 4) is 0 Å². The molecule has 0 spiro atoms. The van der Waals surface area contributed by atoms with Crippen LogP contribution in [0.3, 0.4) is 0 Å². The number of nitrogens with two attached hydrogens (primary N) is 1. The number of benzene rings is 1. The van der Waals surface area contributed by atoms with Gasteiger partial charge in [-0.3, -0.25) is 10.2 Å². The van der Waals surface area contributed by atoms with Gasteiger partial charge in [-0.2, -0.15) is 4.68 Å². The number of hydrogen-bond donors (Lipinski definition) is 2. The Kier molecular flexibility index (Phi) is 4.50. The van der Waals surface area contributed by atoms with E-state index in [0.717, 1.165) is 16.1 Å². The van der Waals surface area contributed by atoms with E-state index in [1.54, 1.807) is 0 Å². The minimum absolute atomic E-state index is 0.0481. The predicted molar refractivity (Wildman–Crippen MR) is 99.0 cm³/mol. The summed E-state index contributed by atoms with van der Waals surface area (Å²) in [6.45, 7) is 3.97. The first-order chi connectivity index (χ1) is 11.5. The maximum absolute atomic E-state index is 12.6. The van der Waals surface area contributed by atoms with Crippen molar-refractivity contribution < 1.29 is 4.79 Å². The lowest BCUT2D eigenvalue weighted by molar-refractivity contribution is 0.0966. The third-order valence-corrected chi connectivity index (χ3v) is 4.97. The van der Waals surface area contributed by atoms with Crippen LogP contribution in [0.5, 0.6) is 0 Å². The van der Waals surface area contributed by atoms with Gasteiger partial charge in [0.2, 0.25) is 10.7 Å². The fourth-order valence-corrected chi connectivity index (χ4v) is 3.21. The highest BCUT2D eigenvalue weighted by Crippen LogP contribution is 2.17. The number of aromatic nitrogens is 3. The van der Waals surface area contributed by atoms with Gasteiger partial charge in [0.05, 0.1) is 0 Å². The molecule has 0 radical (unpaired) electrons. The molecule has 0 unspecified atom stereocenters. The first-order valence-corrected chi connectivity index (χ1v) is 8.61. The first kappa shape index (κ1) is 16.4. The van der Waals surface area contributed by atoms with Crippen LogP contribution in [0.4, 0.5) is 10.9 Å². The average molecular weight is 359 g/mol. The number of rotatable bonds is 5. The molecule has 0 fully saturated rings. The summed E-state index contributed by atoms with van der Waals surface area (Å²) in [5.41, 5.74) is 11.7. The Labute approximate surface area is 148 Å². The molecule has 1 aromatic carbocycles. The Morgan fingerprint density at radius 1 is 1.33 bits per heavy atom. The second-order valence-electron chi connectivity index (χ2n) is 5.39. The van der Waals surface area contributed by atoms with Crippen LogP contribution in [0.25, 0.3) is 0 Å². The zero-order chi connectivity index (χ0) is 17.3. The van der Waals surface area contributed by atoms with Crippen LogP contribution in [-0.2, 0) is 6.54 Å². The summed E-state index contributed by atoms with van der Waals surface area (Å²) in [5.74, 6) is 0.162. The van der Waals surface area contributed by atoms with Crippen molar-refractivity contribution in [2.45, 2.75) is 20.4 Å². The van der Waals surface area contributed by atoms with Gasteiger partial charge in [-0.25, -0.2) is 4.68 Å². The third kappa shape index (κ3) is 3.10. The molecule has 0 amide bonds. The minimum atomic E-state index is -0.0481. The smallest absolute Gasteiger partial charge is 0.240 e. The molecule has 3 aromatic rings. The Balaban J connectivity index is 1.87. The number of carbonyl (C=O) groups is 1. The lowest BCUT2D eigenvalue weighted by atomic mass is 10.0. The molecule has 6 nitrogen and oxygen atoms in total. The average Bonchev–Trinajstić information content (AvgIpc) is 3.14. The molecule has 2 heterocycles. The maximum Gasteiger partial charge on any atom is 0.240 e. The van der Waals surface area contributed by atoms with Gasteiger partial charge in [0.15, 0.2) is 5.78 Å². The van der Waals surface area contributed by atoms with Gasteiger partial charge in [-0.1, -0.05) is 18.2 Å². The van der Waals surface area contributed by atoms with Gasteiger partial charge >= 0.3 is 0 Å². The predicted octanol–water partition coefficient (Wildman–Crippen LogP) is 3.43. The Morgan fingerprint density at radius 2 is 2.12 bits per heavy atom. The maximum atomic E-state index is 12.6. The molecule has 0 aliphatic carbocycles. The molecular formula is C16H17N5OS2. The third-order valence-electron chi connectivity index (χ3n) is 3.81. The summed E-state index contributed by atoms with van der Waals surface area (Å²) < 4.78 is 3.28. The summed E-state index contributed by atoms with van der Waals surface area (Å²) in [7, 11) is 0. The number of aryl methyl sites for hydroxylation is 1. The van der Waals surface area contributed by atoms with Crippen molar-refractivity contribution >= 4 is 40.3 Å². The number of Topliss-reactive ketones (excluding diaryl/α,β-unsaturated/α-hetero) is 1. The minimum Gasteiger partial charge on any atom is -0.366 e. The van der Waals surface area contributed by atoms with Crippen LogP contribution in [0.15, 0.2) is 35.7 Å². The van der Waals surface area contributed by atoms with Crippen molar-refractivity contribution in [3.05, 3.63) is 57.2 Å². The van der Waals surface area contributed by atoms with E-state index in [-0.39, 0.29) is 18.3 Å². The number of anilines is 2. The zero-order valence-electron chi connectivity index (χ0n) is 13.3. The zero-order valence-corrected chi connectivity index (χ0v) is 14.9. The molecular weight excluding hydrogens is 342 g/mol. The molecule has 24 heavy (non-hydrogen) atoms. The van der Waals surface area contributed by atoms with E-state index in [0.29, 0.717) is 10.3 Å². The summed E-state index contributed by atoms with van der Waals surface area (Å²) >= 11 is 6.91. The fourth-order valence-electron chi connectivity index (χ4n) is 2.36. The number of hydrogen-bond acceptors (Lipinski definition) is 6. The Hall–Kier alpha value is -2.45. The molecule has 0 aliphatic heterocycles. The number of ketones is 1. The highest BCUT2D eigenvalue weighted by Gasteiger charge is 2.15. The van der Waals surface area contributed by atoms with Gasteiger partial charge in [0.25, 0.3) is 0 Å². The fraction of sp³-hybridized carbons (Fsp3) is 0.188. The van der Waals surface area contributed by atoms with E-state index < -0.39 is 0 Å². The van der Waals surface area contributed by atoms with Gasteiger partial charge in [-0.05, 0) is 54.7 Å². The monoisotopic (exact) mass is 359 g/mol. The second kappa shape index (κ2) is 6.58. The van der Waals surface area contributed by atoms with Gasteiger partial charge < -0.3 is 5.73 Å². The molecule has 0 saturated carbocycles. The van der Waals surface area contributed by atoms with E-state index in [2.05, 4.69) is 10.5 Å². The lowest BCUT2D eigenvalue weighted by Gasteiger charge is -2.07. The van der Waals surface area contributed by atoms with Crippen molar-refractivity contribution in [1.82, 2.24) is 14.5 Å². The lowest BCUT2D eigenvalue weighted by Crippen LogP contribution is -2.15. The van der Waals surface area contributed by atoms with Crippen molar-refractivity contribution in [1.29, 1.82) is 0 Å². The summed E-state index contributed by atoms with van der Waals surface area (Å²) in [6, 6.07) is 9.50. The normalized spacial score (nSPS) is 10.8. The van der Waals surface area contributed by atoms with Crippen LogP contribution in [0.1, 0.15) is 21.5 Å². The van der Waals surface area contributed by atoms with Gasteiger partial charge in [0, 0.05) is 5.56 Å². The first-order valence-electron chi connectivity index (χ1n) is 7.32. The molecule has 3 rings (SSSR count). The van der Waals surface area contributed by atoms with E-state index >= 15 is 0 Å². The van der Waals surface area contributed by atoms with E-state index in [1.807, 2.05) is 49.6 Å². The van der Waals surface area contributed by atoms with Crippen LogP contribution in [0, 0.1) is 18.6 Å². The summed E-state index contributed by atoms with van der Waals surface area (Å²) in [5, 5.41) is 7.01. The molecule has 8 heteroatoms. The second-order valence-corrected chi connectivity index (χ2v) is 6.71. The van der Waals surface area contributed by atoms with Crippen molar-refractivity contribution in [2.75, 3.05) is 11.2 Å². The molecule has 2 aromatic heterocycles. The van der Waals surface area contributed by atoms with Crippen LogP contribution in [0.2, 0.25) is 0 Å². The number of nitrogens with zero attached hydrogens (tertiary/aromatic N) is 3. The highest BCUT2D eigenvalue weighted by atomic mass is 32.1. The number of nitrogen functional groups attached to an aromatic ring is 1.